The van der Waals surface area contributed by atoms with Gasteiger partial charge in [0.2, 0.25) is 5.88 Å². The van der Waals surface area contributed by atoms with E-state index < -0.39 is 15.7 Å². The van der Waals surface area contributed by atoms with Crippen LogP contribution >= 0.6 is 12.2 Å². The van der Waals surface area contributed by atoms with E-state index in [0.29, 0.717) is 36.5 Å². The number of hydrogen-bond donors (Lipinski definition) is 3. The van der Waals surface area contributed by atoms with E-state index in [1.807, 2.05) is 13.8 Å². The number of aromatic hydroxyl groups is 1. The Kier molecular flexibility index (Phi) is 8.72. The Morgan fingerprint density at radius 3 is 2.24 bits per heavy atom. The summed E-state index contributed by atoms with van der Waals surface area (Å²) in [5.41, 5.74) is 3.48. The predicted molar refractivity (Wildman–Crippen MR) is 144 cm³/mol. The van der Waals surface area contributed by atoms with Crippen molar-refractivity contribution in [3.63, 3.8) is 0 Å². The molecule has 3 aromatic rings. The van der Waals surface area contributed by atoms with E-state index in [4.69, 9.17) is 16.8 Å². The third-order valence-electron chi connectivity index (χ3n) is 5.52. The standard InChI is InChI=1S/C25H28N4O6S2/c1-4-15-27-22(30)21(23(31)28(16-5-2)25(27)36)10-8-6-7-9-20-17(3)26-29(24(20)32)18-11-13-19(14-12-18)37(33,34)35/h6-7,9-14,26,30H,4-5,15-16H2,1-3H3,(H,33,34,35). The van der Waals surface area contributed by atoms with Gasteiger partial charge < -0.3 is 5.11 Å². The molecule has 2 aromatic heterocycles. The summed E-state index contributed by atoms with van der Waals surface area (Å²) < 4.78 is 36.1. The SMILES string of the molecule is CCCn1c(O)c(C=C=CC=Cc2c(C)[nH]n(-c3ccc(S(=O)(=O)O)cc3)c2=O)c(=O)n(CCC)c1=S. The quantitative estimate of drug-likeness (QED) is 0.161. The molecule has 10 nitrogen and oxygen atoms in total. The van der Waals surface area contributed by atoms with E-state index >= 15 is 0 Å². The first kappa shape index (κ1) is 27.9. The lowest BCUT2D eigenvalue weighted by Gasteiger charge is -2.15. The minimum absolute atomic E-state index is 0.0775. The van der Waals surface area contributed by atoms with Gasteiger partial charge in [-0.25, -0.2) is 4.68 Å². The largest absolute Gasteiger partial charge is 0.494 e. The molecule has 0 atom stereocenters. The van der Waals surface area contributed by atoms with Gasteiger partial charge in [0, 0.05) is 18.8 Å². The maximum atomic E-state index is 12.9. The third-order valence-corrected chi connectivity index (χ3v) is 6.83. The second-order valence-corrected chi connectivity index (χ2v) is 10.0. The second-order valence-electron chi connectivity index (χ2n) is 8.23. The molecule has 0 fully saturated rings. The molecule has 0 aliphatic heterocycles. The second kappa shape index (κ2) is 11.6. The Morgan fingerprint density at radius 2 is 1.65 bits per heavy atom. The minimum Gasteiger partial charge on any atom is -0.494 e. The number of hydrogen-bond acceptors (Lipinski definition) is 6. The number of allylic oxidation sites excluding steroid dienone is 2. The Morgan fingerprint density at radius 1 is 1.03 bits per heavy atom. The Balaban J connectivity index is 1.93. The molecule has 37 heavy (non-hydrogen) atoms. The smallest absolute Gasteiger partial charge is 0.294 e. The highest BCUT2D eigenvalue weighted by atomic mass is 32.2. The van der Waals surface area contributed by atoms with Gasteiger partial charge in [-0.15, -0.1) is 5.73 Å². The van der Waals surface area contributed by atoms with Crippen LogP contribution in [0.25, 0.3) is 17.8 Å². The van der Waals surface area contributed by atoms with E-state index in [1.54, 1.807) is 19.1 Å². The molecule has 2 heterocycles. The summed E-state index contributed by atoms with van der Waals surface area (Å²) in [6, 6.07) is 5.19. The van der Waals surface area contributed by atoms with Crippen molar-refractivity contribution >= 4 is 34.5 Å². The van der Waals surface area contributed by atoms with Crippen LogP contribution in [0.15, 0.2) is 56.6 Å². The summed E-state index contributed by atoms with van der Waals surface area (Å²) in [7, 11) is -4.34. The lowest BCUT2D eigenvalue weighted by Crippen LogP contribution is -2.27. The van der Waals surface area contributed by atoms with Crippen molar-refractivity contribution in [2.45, 2.75) is 51.6 Å². The Hall–Kier alpha value is -3.70. The third kappa shape index (κ3) is 6.00. The van der Waals surface area contributed by atoms with Crippen LogP contribution < -0.4 is 11.1 Å². The molecule has 3 N–H and O–H groups in total. The number of H-pyrrole nitrogens is 1. The Labute approximate surface area is 218 Å². The number of benzene rings is 1. The van der Waals surface area contributed by atoms with Gasteiger partial charge in [0.15, 0.2) is 4.77 Å². The highest BCUT2D eigenvalue weighted by molar-refractivity contribution is 7.85. The summed E-state index contributed by atoms with van der Waals surface area (Å²) >= 11 is 5.39. The summed E-state index contributed by atoms with van der Waals surface area (Å²) in [6.07, 6.45) is 7.46. The van der Waals surface area contributed by atoms with Crippen molar-refractivity contribution in [3.8, 4) is 11.6 Å². The van der Waals surface area contributed by atoms with Crippen molar-refractivity contribution in [1.29, 1.82) is 0 Å². The number of aryl methyl sites for hydroxylation is 1. The van der Waals surface area contributed by atoms with Crippen LogP contribution in [0.4, 0.5) is 0 Å². The number of rotatable bonds is 9. The molecule has 0 radical (unpaired) electrons. The molecule has 0 spiro atoms. The van der Waals surface area contributed by atoms with Crippen molar-refractivity contribution in [3.05, 3.63) is 84.4 Å². The first-order valence-electron chi connectivity index (χ1n) is 11.6. The highest BCUT2D eigenvalue weighted by Gasteiger charge is 2.15. The fraction of sp³-hybridized carbons (Fsp3) is 0.280. The van der Waals surface area contributed by atoms with Gasteiger partial charge >= 0.3 is 0 Å². The molecule has 0 aliphatic rings. The predicted octanol–water partition coefficient (Wildman–Crippen LogP) is 3.82. The number of nitrogens with one attached hydrogen (secondary N) is 1. The minimum atomic E-state index is -4.34. The molecule has 0 saturated heterocycles. The molecular weight excluding hydrogens is 516 g/mol. The normalized spacial score (nSPS) is 11.6. The van der Waals surface area contributed by atoms with Crippen LogP contribution in [-0.4, -0.2) is 37.0 Å². The molecule has 12 heteroatoms. The first-order chi connectivity index (χ1) is 17.5. The van der Waals surface area contributed by atoms with Gasteiger partial charge in [0.25, 0.3) is 21.2 Å². The van der Waals surface area contributed by atoms with Crippen LogP contribution in [0, 0.1) is 11.7 Å². The molecule has 0 amide bonds. The molecule has 0 aliphatic carbocycles. The summed E-state index contributed by atoms with van der Waals surface area (Å²) in [5, 5.41) is 13.6. The van der Waals surface area contributed by atoms with Crippen LogP contribution in [0.1, 0.15) is 43.5 Å². The fourth-order valence-electron chi connectivity index (χ4n) is 3.72. The van der Waals surface area contributed by atoms with Crippen molar-refractivity contribution in [1.82, 2.24) is 18.9 Å². The zero-order valence-corrected chi connectivity index (χ0v) is 22.3. The molecule has 0 bridgehead atoms. The van der Waals surface area contributed by atoms with Gasteiger partial charge in [0.05, 0.1) is 16.1 Å². The number of aromatic amines is 1. The highest BCUT2D eigenvalue weighted by Crippen LogP contribution is 2.17. The van der Waals surface area contributed by atoms with Crippen LogP contribution in [0.3, 0.4) is 0 Å². The van der Waals surface area contributed by atoms with Crippen LogP contribution in [0.5, 0.6) is 5.88 Å². The lowest BCUT2D eigenvalue weighted by atomic mass is 10.2. The summed E-state index contributed by atoms with van der Waals surface area (Å²) in [6.45, 7) is 6.49. The van der Waals surface area contributed by atoms with Gasteiger partial charge in [-0.2, -0.15) is 8.42 Å². The molecular formula is C25H28N4O6S2. The lowest BCUT2D eigenvalue weighted by molar-refractivity contribution is 0.390. The molecule has 0 unspecified atom stereocenters. The van der Waals surface area contributed by atoms with Gasteiger partial charge in [-0.05, 0) is 74.5 Å². The monoisotopic (exact) mass is 544 g/mol. The first-order valence-corrected chi connectivity index (χ1v) is 13.4. The average molecular weight is 545 g/mol. The molecule has 0 saturated carbocycles. The van der Waals surface area contributed by atoms with Gasteiger partial charge in [-0.3, -0.25) is 28.4 Å². The summed E-state index contributed by atoms with van der Waals surface area (Å²) in [5.74, 6) is -0.210. The van der Waals surface area contributed by atoms with Crippen LogP contribution in [0.2, 0.25) is 0 Å². The Bertz CT molecular complexity index is 1680. The van der Waals surface area contributed by atoms with E-state index in [1.165, 1.54) is 50.2 Å². The fourth-order valence-corrected chi connectivity index (χ4v) is 4.55. The molecule has 196 valence electrons. The number of nitrogens with zero attached hydrogens (tertiary/aromatic N) is 3. The van der Waals surface area contributed by atoms with Crippen molar-refractivity contribution < 1.29 is 18.1 Å². The maximum Gasteiger partial charge on any atom is 0.294 e. The summed E-state index contributed by atoms with van der Waals surface area (Å²) in [4.78, 5) is 25.4. The van der Waals surface area contributed by atoms with Crippen LogP contribution in [-0.2, 0) is 23.2 Å². The average Bonchev–Trinajstić information content (AvgIpc) is 3.14. The molecule has 3 rings (SSSR count). The van der Waals surface area contributed by atoms with E-state index in [2.05, 4.69) is 10.8 Å². The number of aromatic nitrogens is 4. The van der Waals surface area contributed by atoms with E-state index in [-0.39, 0.29) is 26.7 Å². The van der Waals surface area contributed by atoms with Gasteiger partial charge in [-0.1, -0.05) is 19.9 Å². The topological polar surface area (TPSA) is 139 Å². The zero-order chi connectivity index (χ0) is 27.3. The van der Waals surface area contributed by atoms with Crippen molar-refractivity contribution in [2.24, 2.45) is 0 Å². The van der Waals surface area contributed by atoms with E-state index in [9.17, 15) is 23.1 Å². The zero-order valence-electron chi connectivity index (χ0n) is 20.6. The molecule has 1 aromatic carbocycles. The maximum absolute atomic E-state index is 12.9. The van der Waals surface area contributed by atoms with E-state index in [0.717, 1.165) is 6.42 Å². The van der Waals surface area contributed by atoms with Gasteiger partial charge in [0.1, 0.15) is 5.56 Å². The van der Waals surface area contributed by atoms with Crippen molar-refractivity contribution in [2.75, 3.05) is 0 Å².